The molecule has 132 valence electrons. The van der Waals surface area contributed by atoms with Crippen molar-refractivity contribution in [1.29, 1.82) is 0 Å². The van der Waals surface area contributed by atoms with Crippen LogP contribution in [0.2, 0.25) is 0 Å². The van der Waals surface area contributed by atoms with Gasteiger partial charge in [0.15, 0.2) is 0 Å². The fraction of sp³-hybridized carbons (Fsp3) is 0.579. The fourth-order valence-electron chi connectivity index (χ4n) is 2.84. The molecule has 0 radical (unpaired) electrons. The van der Waals surface area contributed by atoms with E-state index in [2.05, 4.69) is 4.99 Å². The lowest BCUT2D eigenvalue weighted by Crippen LogP contribution is -2.50. The van der Waals surface area contributed by atoms with E-state index >= 15 is 0 Å². The maximum Gasteiger partial charge on any atom is 0.413 e. The van der Waals surface area contributed by atoms with Gasteiger partial charge in [0.2, 0.25) is 0 Å². The smallest absolute Gasteiger partial charge is 0.413 e. The zero-order valence-corrected chi connectivity index (χ0v) is 15.4. The number of benzene rings is 1. The molecule has 1 saturated heterocycles. The Bertz CT molecular complexity index is 590. The highest BCUT2D eigenvalue weighted by Crippen LogP contribution is 2.32. The Labute approximate surface area is 144 Å². The Hall–Kier alpha value is -1.88. The number of ether oxygens (including phenoxy) is 2. The molecule has 0 saturated carbocycles. The zero-order chi connectivity index (χ0) is 18.0. The summed E-state index contributed by atoms with van der Waals surface area (Å²) in [4.78, 5) is 18.8. The summed E-state index contributed by atoms with van der Waals surface area (Å²) in [5, 5.41) is 0. The van der Waals surface area contributed by atoms with Crippen molar-refractivity contribution in [3.8, 4) is 0 Å². The van der Waals surface area contributed by atoms with Gasteiger partial charge in [-0.15, -0.1) is 0 Å². The molecule has 0 aliphatic carbocycles. The summed E-state index contributed by atoms with van der Waals surface area (Å²) in [7, 11) is 0. The van der Waals surface area contributed by atoms with Gasteiger partial charge in [0.05, 0.1) is 18.7 Å². The predicted molar refractivity (Wildman–Crippen MR) is 95.1 cm³/mol. The Morgan fingerprint density at radius 2 is 1.96 bits per heavy atom. The van der Waals surface area contributed by atoms with Crippen LogP contribution in [-0.4, -0.2) is 40.7 Å². The maximum atomic E-state index is 12.6. The van der Waals surface area contributed by atoms with E-state index in [1.54, 1.807) is 11.1 Å². The highest BCUT2D eigenvalue weighted by molar-refractivity contribution is 5.77. The van der Waals surface area contributed by atoms with Gasteiger partial charge >= 0.3 is 6.09 Å². The predicted octanol–water partition coefficient (Wildman–Crippen LogP) is 4.02. The third-order valence-electron chi connectivity index (χ3n) is 3.80. The molecule has 0 bridgehead atoms. The van der Waals surface area contributed by atoms with E-state index in [0.717, 1.165) is 5.56 Å². The minimum atomic E-state index is -0.731. The molecular weight excluding hydrogens is 304 g/mol. The summed E-state index contributed by atoms with van der Waals surface area (Å²) in [6.45, 7) is 11.8. The summed E-state index contributed by atoms with van der Waals surface area (Å²) in [5.74, 6) is 0. The molecule has 0 unspecified atom stereocenters. The lowest BCUT2D eigenvalue weighted by molar-refractivity contribution is -0.0749. The van der Waals surface area contributed by atoms with Crippen LogP contribution in [0, 0.1) is 0 Å². The summed E-state index contributed by atoms with van der Waals surface area (Å²) >= 11 is 0. The van der Waals surface area contributed by atoms with Gasteiger partial charge in [-0.1, -0.05) is 30.3 Å². The number of amides is 1. The molecule has 1 aliphatic heterocycles. The Morgan fingerprint density at radius 3 is 2.54 bits per heavy atom. The third kappa shape index (κ3) is 4.57. The van der Waals surface area contributed by atoms with Crippen molar-refractivity contribution in [2.24, 2.45) is 4.99 Å². The number of aliphatic imine (C=N–C) groups is 1. The lowest BCUT2D eigenvalue weighted by atomic mass is 10.1. The van der Waals surface area contributed by atoms with Gasteiger partial charge in [-0.2, -0.15) is 0 Å². The largest absolute Gasteiger partial charge is 0.444 e. The first kappa shape index (κ1) is 18.5. The van der Waals surface area contributed by atoms with Gasteiger partial charge in [0.1, 0.15) is 11.3 Å². The Balaban J connectivity index is 2.14. The molecule has 1 aliphatic rings. The molecule has 0 aromatic heterocycles. The zero-order valence-electron chi connectivity index (χ0n) is 15.4. The molecule has 1 heterocycles. The van der Waals surface area contributed by atoms with E-state index in [9.17, 15) is 4.79 Å². The average Bonchev–Trinajstić information content (AvgIpc) is 2.67. The second-order valence-corrected chi connectivity index (χ2v) is 7.59. The van der Waals surface area contributed by atoms with E-state index in [1.807, 2.05) is 71.9 Å². The number of rotatable bonds is 3. The second kappa shape index (κ2) is 6.93. The van der Waals surface area contributed by atoms with E-state index < -0.39 is 11.3 Å². The van der Waals surface area contributed by atoms with E-state index in [1.165, 1.54) is 0 Å². The van der Waals surface area contributed by atoms with Crippen LogP contribution in [0.3, 0.4) is 0 Å². The van der Waals surface area contributed by atoms with Gasteiger partial charge in [-0.3, -0.25) is 9.89 Å². The highest BCUT2D eigenvalue weighted by Gasteiger charge is 2.48. The molecule has 24 heavy (non-hydrogen) atoms. The molecule has 2 rings (SSSR count). The van der Waals surface area contributed by atoms with Crippen molar-refractivity contribution < 1.29 is 14.3 Å². The van der Waals surface area contributed by atoms with Crippen molar-refractivity contribution in [3.63, 3.8) is 0 Å². The normalized spacial score (nSPS) is 23.7. The van der Waals surface area contributed by atoms with Crippen molar-refractivity contribution >= 4 is 12.3 Å². The number of carbonyl (C=O) groups excluding carboxylic acids is 1. The van der Waals surface area contributed by atoms with Gasteiger partial charge in [0.25, 0.3) is 0 Å². The van der Waals surface area contributed by atoms with Crippen molar-refractivity contribution in [2.45, 2.75) is 71.6 Å². The molecule has 1 amide bonds. The van der Waals surface area contributed by atoms with Crippen molar-refractivity contribution in [2.75, 3.05) is 0 Å². The third-order valence-corrected chi connectivity index (χ3v) is 3.80. The molecule has 1 aromatic carbocycles. The first-order chi connectivity index (χ1) is 11.1. The molecular formula is C19H28N2O3. The quantitative estimate of drug-likeness (QED) is 0.786. The molecule has 5 heteroatoms. The standard InChI is InChI=1S/C19H28N2O3/c1-14-16(13-20-12-15-10-8-7-9-11-15)21(19(5,6)23-14)17(22)24-18(2,3)4/h7-11,13-14,16H,12H2,1-6H3/t14-,16-/m0/s1. The molecule has 5 nitrogen and oxygen atoms in total. The molecule has 2 atom stereocenters. The van der Waals surface area contributed by atoms with Crippen LogP contribution < -0.4 is 0 Å². The first-order valence-corrected chi connectivity index (χ1v) is 8.34. The SMILES string of the molecule is C[C@@H]1OC(C)(C)N(C(=O)OC(C)(C)C)[C@H]1C=NCc1ccccc1. The summed E-state index contributed by atoms with van der Waals surface area (Å²) in [5.41, 5.74) is -0.154. The molecule has 0 spiro atoms. The van der Waals surface area contributed by atoms with Crippen molar-refractivity contribution in [3.05, 3.63) is 35.9 Å². The number of nitrogens with zero attached hydrogens (tertiary/aromatic N) is 2. The topological polar surface area (TPSA) is 51.1 Å². The minimum absolute atomic E-state index is 0.146. The van der Waals surface area contributed by atoms with Crippen LogP contribution in [0.25, 0.3) is 0 Å². The summed E-state index contributed by atoms with van der Waals surface area (Å²) < 4.78 is 11.5. The van der Waals surface area contributed by atoms with Crippen LogP contribution in [0.4, 0.5) is 4.79 Å². The van der Waals surface area contributed by atoms with Crippen LogP contribution in [0.15, 0.2) is 35.3 Å². The molecule has 0 N–H and O–H groups in total. The van der Waals surface area contributed by atoms with Crippen LogP contribution in [-0.2, 0) is 16.0 Å². The summed E-state index contributed by atoms with van der Waals surface area (Å²) in [6, 6.07) is 9.76. The number of carbonyl (C=O) groups is 1. The highest BCUT2D eigenvalue weighted by atomic mass is 16.6. The van der Waals surface area contributed by atoms with Crippen LogP contribution in [0.5, 0.6) is 0 Å². The average molecular weight is 332 g/mol. The fourth-order valence-corrected chi connectivity index (χ4v) is 2.84. The lowest BCUT2D eigenvalue weighted by Gasteiger charge is -2.34. The number of hydrogen-bond acceptors (Lipinski definition) is 4. The monoisotopic (exact) mass is 332 g/mol. The molecule has 1 aromatic rings. The van der Waals surface area contributed by atoms with E-state index in [4.69, 9.17) is 9.47 Å². The Kier molecular flexibility index (Phi) is 5.33. The second-order valence-electron chi connectivity index (χ2n) is 7.59. The van der Waals surface area contributed by atoms with E-state index in [-0.39, 0.29) is 18.2 Å². The number of hydrogen-bond donors (Lipinski definition) is 0. The van der Waals surface area contributed by atoms with E-state index in [0.29, 0.717) is 6.54 Å². The van der Waals surface area contributed by atoms with Gasteiger partial charge in [-0.25, -0.2) is 4.79 Å². The summed E-state index contributed by atoms with van der Waals surface area (Å²) in [6.07, 6.45) is 1.27. The van der Waals surface area contributed by atoms with Crippen LogP contribution >= 0.6 is 0 Å². The first-order valence-electron chi connectivity index (χ1n) is 8.34. The van der Waals surface area contributed by atoms with Gasteiger partial charge < -0.3 is 9.47 Å². The van der Waals surface area contributed by atoms with Crippen LogP contribution in [0.1, 0.15) is 47.1 Å². The van der Waals surface area contributed by atoms with Gasteiger partial charge in [-0.05, 0) is 47.1 Å². The van der Waals surface area contributed by atoms with Gasteiger partial charge in [0, 0.05) is 6.21 Å². The minimum Gasteiger partial charge on any atom is -0.444 e. The maximum absolute atomic E-state index is 12.6. The molecule has 1 fully saturated rings. The Morgan fingerprint density at radius 1 is 1.33 bits per heavy atom. The van der Waals surface area contributed by atoms with Crippen molar-refractivity contribution in [1.82, 2.24) is 4.90 Å².